The summed E-state index contributed by atoms with van der Waals surface area (Å²) in [7, 11) is 3.32. The maximum absolute atomic E-state index is 5.37. The second-order valence-electron chi connectivity index (χ2n) is 9.32. The van der Waals surface area contributed by atoms with E-state index in [4.69, 9.17) is 29.4 Å². The Hall–Kier alpha value is -5.50. The predicted octanol–water partition coefficient (Wildman–Crippen LogP) is 6.80. The van der Waals surface area contributed by atoms with Crippen LogP contribution in [0.4, 0.5) is 0 Å². The SMILES string of the molecule is COc1ccc(-c2c3nc(nc4ccc([nH]4)c(-c4ccc(OC)cc4)c4nc(nc5ccc2[nH]5)C=C4)C=C3)cc1. The number of nitrogens with one attached hydrogen (secondary N) is 2. The van der Waals surface area contributed by atoms with Crippen molar-refractivity contribution in [2.45, 2.75) is 0 Å². The normalized spacial score (nSPS) is 12.1. The van der Waals surface area contributed by atoms with E-state index in [0.29, 0.717) is 22.9 Å². The van der Waals surface area contributed by atoms with E-state index in [-0.39, 0.29) is 0 Å². The van der Waals surface area contributed by atoms with E-state index in [1.54, 1.807) is 14.2 Å². The molecule has 8 bridgehead atoms. The second-order valence-corrected chi connectivity index (χ2v) is 9.32. The van der Waals surface area contributed by atoms with Crippen LogP contribution in [0.25, 0.3) is 68.9 Å². The lowest BCUT2D eigenvalue weighted by molar-refractivity contribution is 0.415. The Balaban J connectivity index is 1.52. The van der Waals surface area contributed by atoms with Crippen molar-refractivity contribution in [3.05, 3.63) is 95.8 Å². The largest absolute Gasteiger partial charge is 0.497 e. The Kier molecular flexibility index (Phi) is 5.70. The third-order valence-corrected chi connectivity index (χ3v) is 6.87. The van der Waals surface area contributed by atoms with Crippen LogP contribution in [0.5, 0.6) is 11.5 Å². The summed E-state index contributed by atoms with van der Waals surface area (Å²) >= 11 is 0. The number of benzene rings is 2. The number of hydrogen-bond acceptors (Lipinski definition) is 6. The summed E-state index contributed by atoms with van der Waals surface area (Å²) in [6, 6.07) is 23.8. The number of methoxy groups -OCH3 is 2. The molecule has 3 aromatic heterocycles. The fourth-order valence-electron chi connectivity index (χ4n) is 4.94. The Labute approximate surface area is 229 Å². The summed E-state index contributed by atoms with van der Waals surface area (Å²) in [6.45, 7) is 0. The van der Waals surface area contributed by atoms with E-state index in [1.165, 1.54) is 0 Å². The molecular weight excluding hydrogens is 500 g/mol. The number of aromatic nitrogens is 6. The highest BCUT2D eigenvalue weighted by Gasteiger charge is 2.14. The van der Waals surface area contributed by atoms with Crippen molar-refractivity contribution in [2.75, 3.05) is 14.2 Å². The molecule has 0 fully saturated rings. The Morgan fingerprint density at radius 1 is 0.475 bits per heavy atom. The molecule has 8 nitrogen and oxygen atoms in total. The fraction of sp³-hybridized carbons (Fsp3) is 0.0625. The van der Waals surface area contributed by atoms with Crippen LogP contribution in [-0.4, -0.2) is 44.1 Å². The molecule has 0 saturated carbocycles. The van der Waals surface area contributed by atoms with Gasteiger partial charge in [-0.2, -0.15) is 0 Å². The molecule has 0 atom stereocenters. The standard InChI is InChI=1S/C32H24N6O2/c1-39-21-7-3-19(4-8-21)31-23-11-15-27(33-23)37-29-17-13-25(35-29)32(20-5-9-22(40-2)10-6-20)26-14-18-30(36-26)38-28-16-12-24(31)34-28/h3-18H,1-2H3,(H,33,35,37)(H,34,36,38). The van der Waals surface area contributed by atoms with E-state index >= 15 is 0 Å². The van der Waals surface area contributed by atoms with E-state index in [1.807, 2.05) is 97.1 Å². The van der Waals surface area contributed by atoms with Crippen molar-refractivity contribution in [1.82, 2.24) is 29.9 Å². The minimum atomic E-state index is 0.609. The summed E-state index contributed by atoms with van der Waals surface area (Å²) in [6.07, 6.45) is 7.81. The van der Waals surface area contributed by atoms with Gasteiger partial charge in [0.2, 0.25) is 0 Å². The molecule has 2 aliphatic heterocycles. The van der Waals surface area contributed by atoms with Gasteiger partial charge in [-0.3, -0.25) is 0 Å². The monoisotopic (exact) mass is 524 g/mol. The maximum Gasteiger partial charge on any atom is 0.155 e. The number of fused-ring (bicyclic) bond motifs is 8. The van der Waals surface area contributed by atoms with Gasteiger partial charge in [-0.05, 0) is 84.0 Å². The first-order chi connectivity index (χ1) is 19.7. The van der Waals surface area contributed by atoms with Gasteiger partial charge < -0.3 is 19.4 Å². The fourth-order valence-corrected chi connectivity index (χ4v) is 4.94. The summed E-state index contributed by atoms with van der Waals surface area (Å²) in [4.78, 5) is 26.3. The highest BCUT2D eigenvalue weighted by molar-refractivity contribution is 5.92. The second kappa shape index (κ2) is 9.67. The summed E-state index contributed by atoms with van der Waals surface area (Å²) < 4.78 is 10.7. The summed E-state index contributed by atoms with van der Waals surface area (Å²) in [5.41, 5.74) is 8.65. The molecule has 0 amide bonds. The van der Waals surface area contributed by atoms with Crippen molar-refractivity contribution in [3.63, 3.8) is 0 Å². The van der Waals surface area contributed by atoms with Gasteiger partial charge in [-0.15, -0.1) is 0 Å². The van der Waals surface area contributed by atoms with E-state index < -0.39 is 0 Å². The summed E-state index contributed by atoms with van der Waals surface area (Å²) in [5.74, 6) is 2.80. The van der Waals surface area contributed by atoms with Crippen LogP contribution in [-0.2, 0) is 0 Å². The maximum atomic E-state index is 5.37. The smallest absolute Gasteiger partial charge is 0.155 e. The molecule has 0 aliphatic carbocycles. The zero-order valence-corrected chi connectivity index (χ0v) is 21.8. The average molecular weight is 525 g/mol. The van der Waals surface area contributed by atoms with E-state index in [0.717, 1.165) is 56.2 Å². The number of nitrogens with zero attached hydrogens (tertiary/aromatic N) is 4. The Morgan fingerprint density at radius 2 is 0.900 bits per heavy atom. The van der Waals surface area contributed by atoms with Crippen LogP contribution < -0.4 is 9.47 Å². The lowest BCUT2D eigenvalue weighted by Crippen LogP contribution is -1.89. The van der Waals surface area contributed by atoms with Crippen LogP contribution in [0.1, 0.15) is 23.0 Å². The van der Waals surface area contributed by atoms with Gasteiger partial charge in [0.05, 0.1) is 25.6 Å². The molecule has 40 heavy (non-hydrogen) atoms. The zero-order valence-electron chi connectivity index (χ0n) is 21.8. The van der Waals surface area contributed by atoms with Crippen molar-refractivity contribution in [3.8, 4) is 33.8 Å². The van der Waals surface area contributed by atoms with E-state index in [9.17, 15) is 0 Å². The first kappa shape index (κ1) is 23.6. The number of ether oxygens (including phenoxy) is 2. The minimum Gasteiger partial charge on any atom is -0.497 e. The van der Waals surface area contributed by atoms with Crippen molar-refractivity contribution >= 4 is 46.6 Å². The molecule has 5 aromatic rings. The third kappa shape index (κ3) is 4.31. The predicted molar refractivity (Wildman–Crippen MR) is 158 cm³/mol. The Bertz CT molecular complexity index is 1820. The van der Waals surface area contributed by atoms with Gasteiger partial charge in [0.15, 0.2) is 11.6 Å². The van der Waals surface area contributed by atoms with Gasteiger partial charge in [0, 0.05) is 22.2 Å². The first-order valence-corrected chi connectivity index (χ1v) is 12.8. The van der Waals surface area contributed by atoms with Gasteiger partial charge >= 0.3 is 0 Å². The molecule has 0 radical (unpaired) electrons. The molecule has 5 heterocycles. The number of aromatic amines is 2. The molecule has 2 aliphatic rings. The molecule has 0 spiro atoms. The molecule has 2 N–H and O–H groups in total. The van der Waals surface area contributed by atoms with Gasteiger partial charge in [-0.1, -0.05) is 24.3 Å². The highest BCUT2D eigenvalue weighted by Crippen LogP contribution is 2.32. The van der Waals surface area contributed by atoms with Crippen molar-refractivity contribution in [2.24, 2.45) is 0 Å². The van der Waals surface area contributed by atoms with Crippen LogP contribution in [0.15, 0.2) is 72.8 Å². The quantitative estimate of drug-likeness (QED) is 0.263. The lowest BCUT2D eigenvalue weighted by atomic mass is 10.0. The van der Waals surface area contributed by atoms with E-state index in [2.05, 4.69) is 9.97 Å². The van der Waals surface area contributed by atoms with Gasteiger partial charge in [0.25, 0.3) is 0 Å². The van der Waals surface area contributed by atoms with Gasteiger partial charge in [0.1, 0.15) is 22.8 Å². The highest BCUT2D eigenvalue weighted by atomic mass is 16.5. The minimum absolute atomic E-state index is 0.609. The molecule has 0 unspecified atom stereocenters. The molecule has 7 rings (SSSR count). The van der Waals surface area contributed by atoms with Crippen LogP contribution in [0.3, 0.4) is 0 Å². The molecule has 0 saturated heterocycles. The molecule has 8 heteroatoms. The van der Waals surface area contributed by atoms with Crippen LogP contribution in [0, 0.1) is 0 Å². The van der Waals surface area contributed by atoms with Crippen molar-refractivity contribution in [1.29, 1.82) is 0 Å². The lowest BCUT2D eigenvalue weighted by Gasteiger charge is -2.05. The summed E-state index contributed by atoms with van der Waals surface area (Å²) in [5, 5.41) is 0. The van der Waals surface area contributed by atoms with Gasteiger partial charge in [-0.25, -0.2) is 19.9 Å². The number of rotatable bonds is 4. The molecule has 2 aromatic carbocycles. The van der Waals surface area contributed by atoms with Crippen molar-refractivity contribution < 1.29 is 9.47 Å². The topological polar surface area (TPSA) is 102 Å². The molecular formula is C32H24N6O2. The van der Waals surface area contributed by atoms with Crippen LogP contribution >= 0.6 is 0 Å². The third-order valence-electron chi connectivity index (χ3n) is 6.87. The van der Waals surface area contributed by atoms with Crippen LogP contribution in [0.2, 0.25) is 0 Å². The Morgan fingerprint density at radius 3 is 1.30 bits per heavy atom. The molecule has 194 valence electrons. The number of hydrogen-bond donors (Lipinski definition) is 2. The average Bonchev–Trinajstić information content (AvgIpc) is 3.80. The number of H-pyrrole nitrogens is 2. The first-order valence-electron chi connectivity index (χ1n) is 12.8. The zero-order chi connectivity index (χ0) is 27.1.